The van der Waals surface area contributed by atoms with Crippen LogP contribution in [0.4, 0.5) is 4.79 Å². The van der Waals surface area contributed by atoms with Crippen molar-refractivity contribution in [2.45, 2.75) is 25.3 Å². The fraction of sp³-hybridized carbons (Fsp3) is 0.214. The van der Waals surface area contributed by atoms with Crippen LogP contribution in [-0.4, -0.2) is 46.7 Å². The molecule has 1 aliphatic carbocycles. The molecule has 5 rings (SSSR count). The topological polar surface area (TPSA) is 82.6 Å². The molecule has 4 aromatic rings. The monoisotopic (exact) mass is 454 g/mol. The summed E-state index contributed by atoms with van der Waals surface area (Å²) >= 11 is 0. The second-order valence-electron chi connectivity index (χ2n) is 8.78. The van der Waals surface area contributed by atoms with E-state index in [4.69, 9.17) is 4.74 Å². The lowest BCUT2D eigenvalue weighted by atomic mass is 9.98. The molecule has 34 heavy (non-hydrogen) atoms. The second kappa shape index (κ2) is 8.71. The zero-order chi connectivity index (χ0) is 23.8. The van der Waals surface area contributed by atoms with Gasteiger partial charge in [0, 0.05) is 36.5 Å². The molecule has 6 nitrogen and oxygen atoms in total. The Morgan fingerprint density at radius 1 is 1.00 bits per heavy atom. The zero-order valence-corrected chi connectivity index (χ0v) is 19.1. The molecule has 2 N–H and O–H groups in total. The average molecular weight is 455 g/mol. The van der Waals surface area contributed by atoms with Gasteiger partial charge in [-0.05, 0) is 46.4 Å². The number of hydrogen-bond donors (Lipinski definition) is 2. The van der Waals surface area contributed by atoms with Crippen molar-refractivity contribution in [1.82, 2.24) is 9.88 Å². The van der Waals surface area contributed by atoms with E-state index in [1.54, 1.807) is 0 Å². The van der Waals surface area contributed by atoms with Gasteiger partial charge in [-0.1, -0.05) is 60.7 Å². The van der Waals surface area contributed by atoms with Gasteiger partial charge in [0.05, 0.1) is 0 Å². The molecule has 172 valence electrons. The molecule has 0 radical (unpaired) electrons. The number of carbonyl (C=O) groups is 2. The minimum absolute atomic E-state index is 0.0794. The van der Waals surface area contributed by atoms with Crippen LogP contribution in [0, 0.1) is 6.92 Å². The number of H-pyrrole nitrogens is 1. The van der Waals surface area contributed by atoms with Crippen molar-refractivity contribution in [2.75, 3.05) is 13.7 Å². The van der Waals surface area contributed by atoms with Crippen LogP contribution in [0.5, 0.6) is 0 Å². The van der Waals surface area contributed by atoms with Crippen molar-refractivity contribution in [2.24, 2.45) is 0 Å². The smallest absolute Gasteiger partial charge is 0.410 e. The standard InChI is InChI=1S/C28H26N2O4/c1-17-8-7-13-24-26(17)18(15-29-24)14-25(27(31)32)30(2)28(33)34-16-23-21-11-5-3-9-19(21)20-10-4-6-12-22(20)23/h3-13,15,23,25,29H,14,16H2,1-2H3,(H,31,32)/t25-/m0/s1. The third-order valence-corrected chi connectivity index (χ3v) is 6.79. The molecule has 6 heteroatoms. The first-order valence-corrected chi connectivity index (χ1v) is 11.3. The third kappa shape index (κ3) is 3.71. The molecule has 0 saturated heterocycles. The highest BCUT2D eigenvalue weighted by Gasteiger charge is 2.32. The highest BCUT2D eigenvalue weighted by molar-refractivity contribution is 5.88. The molecule has 1 heterocycles. The summed E-state index contributed by atoms with van der Waals surface area (Å²) in [6.07, 6.45) is 1.35. The van der Waals surface area contributed by atoms with Crippen molar-refractivity contribution in [3.63, 3.8) is 0 Å². The van der Waals surface area contributed by atoms with E-state index >= 15 is 0 Å². The maximum atomic E-state index is 13.0. The fourth-order valence-corrected chi connectivity index (χ4v) is 5.03. The Bertz CT molecular complexity index is 1340. The highest BCUT2D eigenvalue weighted by Crippen LogP contribution is 2.44. The number of nitrogens with one attached hydrogen (secondary N) is 1. The summed E-state index contributed by atoms with van der Waals surface area (Å²) in [5.41, 5.74) is 7.38. The van der Waals surface area contributed by atoms with Gasteiger partial charge in [0.2, 0.25) is 0 Å². The molecule has 0 bridgehead atoms. The van der Waals surface area contributed by atoms with Crippen molar-refractivity contribution >= 4 is 23.0 Å². The van der Waals surface area contributed by atoms with Crippen LogP contribution in [0.2, 0.25) is 0 Å². The van der Waals surface area contributed by atoms with Gasteiger partial charge in [0.25, 0.3) is 0 Å². The van der Waals surface area contributed by atoms with E-state index in [0.29, 0.717) is 0 Å². The van der Waals surface area contributed by atoms with E-state index in [-0.39, 0.29) is 18.9 Å². The van der Waals surface area contributed by atoms with E-state index in [1.807, 2.05) is 55.6 Å². The number of carboxylic acid groups (broad SMARTS) is 1. The third-order valence-electron chi connectivity index (χ3n) is 6.79. The highest BCUT2D eigenvalue weighted by atomic mass is 16.6. The molecular weight excluding hydrogens is 428 g/mol. The number of carboxylic acids is 1. The maximum Gasteiger partial charge on any atom is 0.410 e. The summed E-state index contributed by atoms with van der Waals surface area (Å²) in [5, 5.41) is 10.9. The Morgan fingerprint density at radius 2 is 1.65 bits per heavy atom. The number of nitrogens with zero attached hydrogens (tertiary/aromatic N) is 1. The maximum absolute atomic E-state index is 13.0. The second-order valence-corrected chi connectivity index (χ2v) is 8.78. The number of hydrogen-bond acceptors (Lipinski definition) is 3. The number of rotatable bonds is 6. The van der Waals surface area contributed by atoms with Crippen LogP contribution in [0.15, 0.2) is 72.9 Å². The Labute approximate surface area is 197 Å². The van der Waals surface area contributed by atoms with Gasteiger partial charge < -0.3 is 14.8 Å². The van der Waals surface area contributed by atoms with Crippen LogP contribution >= 0.6 is 0 Å². The van der Waals surface area contributed by atoms with E-state index in [0.717, 1.165) is 44.3 Å². The molecule has 0 aliphatic heterocycles. The average Bonchev–Trinajstić information content (AvgIpc) is 3.40. The Balaban J connectivity index is 1.33. The predicted molar refractivity (Wildman–Crippen MR) is 131 cm³/mol. The minimum Gasteiger partial charge on any atom is -0.480 e. The molecule has 0 unspecified atom stereocenters. The van der Waals surface area contributed by atoms with Crippen LogP contribution in [0.1, 0.15) is 28.2 Å². The molecule has 0 fully saturated rings. The lowest BCUT2D eigenvalue weighted by Crippen LogP contribution is -2.44. The summed E-state index contributed by atoms with van der Waals surface area (Å²) in [7, 11) is 1.49. The van der Waals surface area contributed by atoms with Crippen molar-refractivity contribution < 1.29 is 19.4 Å². The molecule has 3 aromatic carbocycles. The molecule has 1 atom stereocenters. The SMILES string of the molecule is Cc1cccc2[nH]cc(C[C@@H](C(=O)O)N(C)C(=O)OCC3c4ccccc4-c4ccccc43)c12. The number of benzene rings is 3. The first kappa shape index (κ1) is 21.8. The van der Waals surface area contributed by atoms with Crippen molar-refractivity contribution in [3.05, 3.63) is 95.2 Å². The number of aromatic nitrogens is 1. The summed E-state index contributed by atoms with van der Waals surface area (Å²) in [6.45, 7) is 2.14. The molecule has 0 saturated carbocycles. The number of aryl methyl sites for hydroxylation is 1. The van der Waals surface area contributed by atoms with Crippen molar-refractivity contribution in [3.8, 4) is 11.1 Å². The van der Waals surface area contributed by atoms with Gasteiger partial charge in [-0.3, -0.25) is 4.90 Å². The zero-order valence-electron chi connectivity index (χ0n) is 19.1. The number of amides is 1. The van der Waals surface area contributed by atoms with Crippen LogP contribution in [0.3, 0.4) is 0 Å². The van der Waals surface area contributed by atoms with Gasteiger partial charge >= 0.3 is 12.1 Å². The number of likely N-dealkylation sites (N-methyl/N-ethyl adjacent to an activating group) is 1. The number of aromatic amines is 1. The molecule has 1 amide bonds. The number of ether oxygens (including phenoxy) is 1. The molecule has 0 spiro atoms. The van der Waals surface area contributed by atoms with Crippen molar-refractivity contribution in [1.29, 1.82) is 0 Å². The Morgan fingerprint density at radius 3 is 2.29 bits per heavy atom. The minimum atomic E-state index is -1.07. The predicted octanol–water partition coefficient (Wildman–Crippen LogP) is 5.35. The molecular formula is C28H26N2O4. The van der Waals surface area contributed by atoms with Gasteiger partial charge in [-0.15, -0.1) is 0 Å². The van der Waals surface area contributed by atoms with E-state index in [2.05, 4.69) is 29.2 Å². The quantitative estimate of drug-likeness (QED) is 0.411. The largest absolute Gasteiger partial charge is 0.480 e. The van der Waals surface area contributed by atoms with Crippen LogP contribution in [-0.2, 0) is 16.0 Å². The van der Waals surface area contributed by atoms with Crippen LogP contribution in [0.25, 0.3) is 22.0 Å². The molecule has 1 aliphatic rings. The summed E-state index contributed by atoms with van der Waals surface area (Å²) in [4.78, 5) is 29.5. The van der Waals surface area contributed by atoms with Crippen LogP contribution < -0.4 is 0 Å². The first-order valence-electron chi connectivity index (χ1n) is 11.3. The van der Waals surface area contributed by atoms with E-state index < -0.39 is 18.1 Å². The summed E-state index contributed by atoms with van der Waals surface area (Å²) < 4.78 is 5.68. The van der Waals surface area contributed by atoms with Gasteiger partial charge in [-0.25, -0.2) is 9.59 Å². The lowest BCUT2D eigenvalue weighted by molar-refractivity contribution is -0.142. The summed E-state index contributed by atoms with van der Waals surface area (Å²) in [6, 6.07) is 21.1. The van der Waals surface area contributed by atoms with Gasteiger partial charge in [0.15, 0.2) is 0 Å². The summed E-state index contributed by atoms with van der Waals surface area (Å²) in [5.74, 6) is -1.15. The Kier molecular flexibility index (Phi) is 5.57. The molecule has 1 aromatic heterocycles. The van der Waals surface area contributed by atoms with E-state index in [1.165, 1.54) is 11.9 Å². The normalized spacial score (nSPS) is 13.4. The lowest BCUT2D eigenvalue weighted by Gasteiger charge is -2.25. The van der Waals surface area contributed by atoms with Gasteiger partial charge in [0.1, 0.15) is 12.6 Å². The Hall–Kier alpha value is -4.06. The number of fused-ring (bicyclic) bond motifs is 4. The first-order chi connectivity index (χ1) is 16.5. The van der Waals surface area contributed by atoms with Gasteiger partial charge in [-0.2, -0.15) is 0 Å². The fourth-order valence-electron chi connectivity index (χ4n) is 5.03. The number of carbonyl (C=O) groups excluding carboxylic acids is 1. The van der Waals surface area contributed by atoms with E-state index in [9.17, 15) is 14.7 Å². The number of aliphatic carboxylic acids is 1.